The molecule has 2 heterocycles. The summed E-state index contributed by atoms with van der Waals surface area (Å²) >= 11 is 0. The lowest BCUT2D eigenvalue weighted by molar-refractivity contribution is -0.123. The third-order valence-electron chi connectivity index (χ3n) is 6.14. The molecule has 4 atom stereocenters. The van der Waals surface area contributed by atoms with E-state index in [0.717, 1.165) is 6.42 Å². The number of rotatable bonds is 2. The number of anilines is 1. The summed E-state index contributed by atoms with van der Waals surface area (Å²) in [5.41, 5.74) is 1.13. The fourth-order valence-corrected chi connectivity index (χ4v) is 4.86. The van der Waals surface area contributed by atoms with Crippen LogP contribution in [0.4, 0.5) is 5.69 Å². The summed E-state index contributed by atoms with van der Waals surface area (Å²) in [6.07, 6.45) is 5.10. The third kappa shape index (κ3) is 2.18. The number of morpholine rings is 1. The lowest BCUT2D eigenvalue weighted by atomic mass is 9.85. The number of allylic oxidation sites excluding steroid dienone is 2. The van der Waals surface area contributed by atoms with E-state index in [1.807, 2.05) is 0 Å². The molecule has 26 heavy (non-hydrogen) atoms. The second-order valence-electron chi connectivity index (χ2n) is 7.46. The summed E-state index contributed by atoms with van der Waals surface area (Å²) in [5.74, 6) is -0.229. The number of imide groups is 1. The van der Waals surface area contributed by atoms with E-state index in [1.165, 1.54) is 4.90 Å². The summed E-state index contributed by atoms with van der Waals surface area (Å²) in [7, 11) is 0. The Morgan fingerprint density at radius 1 is 0.923 bits per heavy atom. The predicted molar refractivity (Wildman–Crippen MR) is 93.4 cm³/mol. The van der Waals surface area contributed by atoms with Gasteiger partial charge in [-0.1, -0.05) is 12.2 Å². The molecule has 0 radical (unpaired) electrons. The molecule has 2 aliphatic carbocycles. The fraction of sp³-hybridized carbons (Fsp3) is 0.450. The standard InChI is InChI=1S/C20H20N2O4/c23-18(21-7-9-26-10-8-21)12-3-5-15(6-4-12)22-19(24)16-13-1-2-14(11-13)17(16)20(22)25/h1-6,13-14,16-17H,7-11H2/t13-,14-,16-,17+/m1/s1. The molecule has 1 aromatic rings. The second-order valence-corrected chi connectivity index (χ2v) is 7.46. The Hall–Kier alpha value is -2.47. The van der Waals surface area contributed by atoms with E-state index in [2.05, 4.69) is 12.2 Å². The van der Waals surface area contributed by atoms with E-state index in [4.69, 9.17) is 4.74 Å². The summed E-state index contributed by atoms with van der Waals surface area (Å²) in [4.78, 5) is 41.3. The molecule has 5 rings (SSSR count). The van der Waals surface area contributed by atoms with Gasteiger partial charge >= 0.3 is 0 Å². The van der Waals surface area contributed by atoms with Gasteiger partial charge in [0, 0.05) is 18.7 Å². The molecule has 2 aliphatic heterocycles. The van der Waals surface area contributed by atoms with Crippen molar-refractivity contribution in [1.82, 2.24) is 4.90 Å². The van der Waals surface area contributed by atoms with Crippen molar-refractivity contribution in [1.29, 1.82) is 0 Å². The lowest BCUT2D eigenvalue weighted by Gasteiger charge is -2.27. The molecular weight excluding hydrogens is 332 g/mol. The lowest BCUT2D eigenvalue weighted by Crippen LogP contribution is -2.40. The highest BCUT2D eigenvalue weighted by Crippen LogP contribution is 2.53. The topological polar surface area (TPSA) is 66.9 Å². The van der Waals surface area contributed by atoms with E-state index < -0.39 is 0 Å². The molecule has 134 valence electrons. The van der Waals surface area contributed by atoms with Crippen LogP contribution in [-0.4, -0.2) is 48.9 Å². The Labute approximate surface area is 151 Å². The Bertz CT molecular complexity index is 780. The molecule has 3 fully saturated rings. The minimum Gasteiger partial charge on any atom is -0.378 e. The minimum atomic E-state index is -0.202. The third-order valence-corrected chi connectivity index (χ3v) is 6.14. The highest BCUT2D eigenvalue weighted by molar-refractivity contribution is 6.22. The molecule has 6 nitrogen and oxygen atoms in total. The zero-order chi connectivity index (χ0) is 17.8. The Balaban J connectivity index is 1.37. The van der Waals surface area contributed by atoms with Crippen molar-refractivity contribution in [3.8, 4) is 0 Å². The first-order valence-electron chi connectivity index (χ1n) is 9.18. The summed E-state index contributed by atoms with van der Waals surface area (Å²) in [6.45, 7) is 2.28. The second kappa shape index (κ2) is 5.77. The van der Waals surface area contributed by atoms with Crippen LogP contribution in [0, 0.1) is 23.7 Å². The number of nitrogens with zero attached hydrogens (tertiary/aromatic N) is 2. The summed E-state index contributed by atoms with van der Waals surface area (Å²) < 4.78 is 5.27. The van der Waals surface area contributed by atoms with Crippen LogP contribution in [0.3, 0.4) is 0 Å². The van der Waals surface area contributed by atoms with Crippen molar-refractivity contribution < 1.29 is 19.1 Å². The number of ether oxygens (including phenoxy) is 1. The number of carbonyl (C=O) groups is 3. The zero-order valence-electron chi connectivity index (χ0n) is 14.3. The van der Waals surface area contributed by atoms with Gasteiger partial charge in [0.1, 0.15) is 0 Å². The number of hydrogen-bond acceptors (Lipinski definition) is 4. The van der Waals surface area contributed by atoms with Crippen molar-refractivity contribution >= 4 is 23.4 Å². The summed E-state index contributed by atoms with van der Waals surface area (Å²) in [5, 5.41) is 0. The molecule has 0 aromatic heterocycles. The molecule has 0 spiro atoms. The van der Waals surface area contributed by atoms with Crippen molar-refractivity contribution in [3.63, 3.8) is 0 Å². The van der Waals surface area contributed by atoms with Crippen LogP contribution in [0.15, 0.2) is 36.4 Å². The van der Waals surface area contributed by atoms with Gasteiger partial charge < -0.3 is 9.64 Å². The van der Waals surface area contributed by atoms with Crippen molar-refractivity contribution in [2.24, 2.45) is 23.7 Å². The zero-order valence-corrected chi connectivity index (χ0v) is 14.3. The van der Waals surface area contributed by atoms with Crippen LogP contribution in [0.2, 0.25) is 0 Å². The highest BCUT2D eigenvalue weighted by atomic mass is 16.5. The fourth-order valence-electron chi connectivity index (χ4n) is 4.86. The van der Waals surface area contributed by atoms with Gasteiger partial charge in [-0.05, 0) is 42.5 Å². The maximum Gasteiger partial charge on any atom is 0.254 e. The van der Waals surface area contributed by atoms with Crippen LogP contribution >= 0.6 is 0 Å². The smallest absolute Gasteiger partial charge is 0.254 e. The van der Waals surface area contributed by atoms with Crippen molar-refractivity contribution in [2.45, 2.75) is 6.42 Å². The average molecular weight is 352 g/mol. The first-order chi connectivity index (χ1) is 12.6. The SMILES string of the molecule is O=C(c1ccc(N2C(=O)[C@@H]3[C@H](C2=O)[C@@H]2C=C[C@@H]3C2)cc1)N1CCOCC1. The molecule has 2 saturated heterocycles. The number of fused-ring (bicyclic) bond motifs is 5. The van der Waals surface area contributed by atoms with Crippen LogP contribution in [0.25, 0.3) is 0 Å². The molecular formula is C20H20N2O4. The quantitative estimate of drug-likeness (QED) is 0.597. The van der Waals surface area contributed by atoms with Gasteiger partial charge in [-0.15, -0.1) is 0 Å². The van der Waals surface area contributed by atoms with Crippen LogP contribution in [0.5, 0.6) is 0 Å². The van der Waals surface area contributed by atoms with E-state index in [9.17, 15) is 14.4 Å². The van der Waals surface area contributed by atoms with Crippen LogP contribution in [-0.2, 0) is 14.3 Å². The minimum absolute atomic E-state index is 0.0435. The van der Waals surface area contributed by atoms with E-state index >= 15 is 0 Å². The molecule has 0 unspecified atom stereocenters. The van der Waals surface area contributed by atoms with Gasteiger partial charge in [-0.3, -0.25) is 19.3 Å². The normalized spacial score (nSPS) is 32.5. The summed E-state index contributed by atoms with van der Waals surface area (Å²) in [6, 6.07) is 6.82. The first kappa shape index (κ1) is 15.8. The number of carbonyl (C=O) groups excluding carboxylic acids is 3. The van der Waals surface area contributed by atoms with Gasteiger partial charge in [-0.25, -0.2) is 0 Å². The number of hydrogen-bond donors (Lipinski definition) is 0. The van der Waals surface area contributed by atoms with Gasteiger partial charge in [-0.2, -0.15) is 0 Å². The largest absolute Gasteiger partial charge is 0.378 e. The first-order valence-corrected chi connectivity index (χ1v) is 9.18. The van der Waals surface area contributed by atoms with E-state index in [1.54, 1.807) is 29.2 Å². The molecule has 1 saturated carbocycles. The maximum absolute atomic E-state index is 12.8. The Morgan fingerprint density at radius 3 is 2.08 bits per heavy atom. The number of benzene rings is 1. The van der Waals surface area contributed by atoms with Crippen LogP contribution in [0.1, 0.15) is 16.8 Å². The van der Waals surface area contributed by atoms with Gasteiger partial charge in [0.15, 0.2) is 0 Å². The Kier molecular flexibility index (Phi) is 3.50. The monoisotopic (exact) mass is 352 g/mol. The molecule has 6 heteroatoms. The average Bonchev–Trinajstić information content (AvgIpc) is 3.36. The highest BCUT2D eigenvalue weighted by Gasteiger charge is 2.59. The van der Waals surface area contributed by atoms with E-state index in [0.29, 0.717) is 37.6 Å². The van der Waals surface area contributed by atoms with Crippen LogP contribution < -0.4 is 4.90 Å². The van der Waals surface area contributed by atoms with Crippen molar-refractivity contribution in [3.05, 3.63) is 42.0 Å². The molecule has 4 aliphatic rings. The molecule has 3 amide bonds. The Morgan fingerprint density at radius 2 is 1.50 bits per heavy atom. The van der Waals surface area contributed by atoms with Gasteiger partial charge in [0.25, 0.3) is 5.91 Å². The predicted octanol–water partition coefficient (Wildman–Crippen LogP) is 1.47. The number of amides is 3. The van der Waals surface area contributed by atoms with Crippen molar-refractivity contribution in [2.75, 3.05) is 31.2 Å². The molecule has 2 bridgehead atoms. The van der Waals surface area contributed by atoms with E-state index in [-0.39, 0.29) is 41.4 Å². The molecule has 1 aromatic carbocycles. The molecule has 0 N–H and O–H groups in total. The maximum atomic E-state index is 12.8. The van der Waals surface area contributed by atoms with Gasteiger partial charge in [0.05, 0.1) is 30.7 Å². The van der Waals surface area contributed by atoms with Gasteiger partial charge in [0.2, 0.25) is 11.8 Å².